The summed E-state index contributed by atoms with van der Waals surface area (Å²) >= 11 is 0. The summed E-state index contributed by atoms with van der Waals surface area (Å²) in [5.74, 6) is 0.170. The molecule has 86 valence electrons. The first-order valence-corrected chi connectivity index (χ1v) is 6.19. The molecular weight excluding hydrogens is 190 g/mol. The van der Waals surface area contributed by atoms with Gasteiger partial charge in [0, 0.05) is 12.1 Å². The Kier molecular flexibility index (Phi) is 3.29. The Morgan fingerprint density at radius 2 is 2.13 bits per heavy atom. The second-order valence-electron chi connectivity index (χ2n) is 5.08. The van der Waals surface area contributed by atoms with Gasteiger partial charge in [-0.2, -0.15) is 0 Å². The summed E-state index contributed by atoms with van der Waals surface area (Å²) in [5.41, 5.74) is 0. The van der Waals surface area contributed by atoms with Crippen molar-refractivity contribution in [3.63, 3.8) is 0 Å². The molecule has 15 heavy (non-hydrogen) atoms. The molecule has 3 nitrogen and oxygen atoms in total. The molecule has 2 N–H and O–H groups in total. The summed E-state index contributed by atoms with van der Waals surface area (Å²) in [6, 6.07) is 0.788. The maximum Gasteiger partial charge on any atom is 0.308 e. The highest BCUT2D eigenvalue weighted by Crippen LogP contribution is 2.35. The standard InChI is InChI=1S/C12H21NO2/c1-2-9(7-8-3-4-8)13-11-6-5-10(11)12(14)15/h8-11,13H,2-7H2,1H3,(H,14,15). The van der Waals surface area contributed by atoms with Crippen LogP contribution in [0.4, 0.5) is 0 Å². The Morgan fingerprint density at radius 3 is 2.53 bits per heavy atom. The number of aliphatic carboxylic acids is 1. The van der Waals surface area contributed by atoms with Crippen molar-refractivity contribution in [3.8, 4) is 0 Å². The Balaban J connectivity index is 1.75. The van der Waals surface area contributed by atoms with Crippen molar-refractivity contribution in [2.45, 2.75) is 57.5 Å². The number of carbonyl (C=O) groups is 1. The highest BCUT2D eigenvalue weighted by molar-refractivity contribution is 5.72. The Morgan fingerprint density at radius 1 is 1.40 bits per heavy atom. The van der Waals surface area contributed by atoms with E-state index in [0.717, 1.165) is 25.2 Å². The molecule has 3 unspecified atom stereocenters. The van der Waals surface area contributed by atoms with E-state index >= 15 is 0 Å². The second-order valence-corrected chi connectivity index (χ2v) is 5.08. The van der Waals surface area contributed by atoms with Crippen LogP contribution in [-0.2, 0) is 4.79 Å². The highest BCUT2D eigenvalue weighted by Gasteiger charge is 2.38. The zero-order valence-electron chi connectivity index (χ0n) is 9.41. The summed E-state index contributed by atoms with van der Waals surface area (Å²) in [6.07, 6.45) is 7.03. The van der Waals surface area contributed by atoms with Gasteiger partial charge in [-0.3, -0.25) is 4.79 Å². The summed E-state index contributed by atoms with van der Waals surface area (Å²) in [4.78, 5) is 10.9. The van der Waals surface area contributed by atoms with Crippen molar-refractivity contribution in [1.29, 1.82) is 0 Å². The van der Waals surface area contributed by atoms with E-state index in [9.17, 15) is 4.79 Å². The molecule has 2 aliphatic carbocycles. The van der Waals surface area contributed by atoms with Crippen LogP contribution in [0.3, 0.4) is 0 Å². The van der Waals surface area contributed by atoms with Crippen LogP contribution in [0.1, 0.15) is 45.4 Å². The number of hydrogen-bond acceptors (Lipinski definition) is 2. The van der Waals surface area contributed by atoms with Crippen molar-refractivity contribution in [2.24, 2.45) is 11.8 Å². The molecule has 0 amide bonds. The average molecular weight is 211 g/mol. The number of nitrogens with one attached hydrogen (secondary N) is 1. The number of carboxylic acid groups (broad SMARTS) is 1. The number of rotatable bonds is 6. The molecule has 0 aromatic carbocycles. The lowest BCUT2D eigenvalue weighted by molar-refractivity contribution is -0.146. The SMILES string of the molecule is CCC(CC1CC1)NC1CCC1C(=O)O. The Labute approximate surface area is 91.2 Å². The maximum absolute atomic E-state index is 10.9. The van der Waals surface area contributed by atoms with Gasteiger partial charge in [-0.25, -0.2) is 0 Å². The quantitative estimate of drug-likeness (QED) is 0.706. The van der Waals surface area contributed by atoms with E-state index in [-0.39, 0.29) is 12.0 Å². The first kappa shape index (κ1) is 10.9. The van der Waals surface area contributed by atoms with Crippen LogP contribution in [0.25, 0.3) is 0 Å². The van der Waals surface area contributed by atoms with Crippen molar-refractivity contribution in [3.05, 3.63) is 0 Å². The lowest BCUT2D eigenvalue weighted by Gasteiger charge is -2.37. The van der Waals surface area contributed by atoms with Crippen LogP contribution in [0.15, 0.2) is 0 Å². The molecule has 3 atom stereocenters. The third-order valence-electron chi connectivity index (χ3n) is 3.85. The fraction of sp³-hybridized carbons (Fsp3) is 0.917. The minimum atomic E-state index is -0.625. The normalized spacial score (nSPS) is 32.1. The fourth-order valence-corrected chi connectivity index (χ4v) is 2.41. The molecule has 0 aromatic rings. The molecule has 0 aliphatic heterocycles. The van der Waals surface area contributed by atoms with Gasteiger partial charge < -0.3 is 10.4 Å². The first-order chi connectivity index (χ1) is 7.20. The van der Waals surface area contributed by atoms with Crippen LogP contribution in [0, 0.1) is 11.8 Å². The first-order valence-electron chi connectivity index (χ1n) is 6.19. The molecule has 0 heterocycles. The van der Waals surface area contributed by atoms with Gasteiger partial charge in [0.1, 0.15) is 0 Å². The Hall–Kier alpha value is -0.570. The smallest absolute Gasteiger partial charge is 0.308 e. The predicted octanol–water partition coefficient (Wildman–Crippen LogP) is 2.02. The minimum absolute atomic E-state index is 0.127. The van der Waals surface area contributed by atoms with Crippen LogP contribution in [0.5, 0.6) is 0 Å². The molecule has 0 spiro atoms. The van der Waals surface area contributed by atoms with Crippen molar-refractivity contribution in [2.75, 3.05) is 0 Å². The van der Waals surface area contributed by atoms with Gasteiger partial charge in [-0.05, 0) is 31.6 Å². The van der Waals surface area contributed by atoms with Gasteiger partial charge in [-0.15, -0.1) is 0 Å². The lowest BCUT2D eigenvalue weighted by Crippen LogP contribution is -2.51. The topological polar surface area (TPSA) is 49.3 Å². The zero-order valence-corrected chi connectivity index (χ0v) is 9.41. The van der Waals surface area contributed by atoms with E-state index in [0.29, 0.717) is 6.04 Å². The van der Waals surface area contributed by atoms with Crippen molar-refractivity contribution < 1.29 is 9.90 Å². The molecule has 0 bridgehead atoms. The van der Waals surface area contributed by atoms with Gasteiger partial charge in [0.2, 0.25) is 0 Å². The molecule has 0 radical (unpaired) electrons. The minimum Gasteiger partial charge on any atom is -0.481 e. The summed E-state index contributed by atoms with van der Waals surface area (Å²) in [7, 11) is 0. The molecule has 3 heteroatoms. The van der Waals surface area contributed by atoms with E-state index < -0.39 is 5.97 Å². The van der Waals surface area contributed by atoms with E-state index in [4.69, 9.17) is 5.11 Å². The highest BCUT2D eigenvalue weighted by atomic mass is 16.4. The van der Waals surface area contributed by atoms with Gasteiger partial charge in [0.25, 0.3) is 0 Å². The van der Waals surface area contributed by atoms with Gasteiger partial charge in [-0.1, -0.05) is 19.8 Å². The monoisotopic (exact) mass is 211 g/mol. The summed E-state index contributed by atoms with van der Waals surface area (Å²) in [6.45, 7) is 2.19. The molecule has 2 aliphatic rings. The van der Waals surface area contributed by atoms with E-state index in [2.05, 4.69) is 12.2 Å². The van der Waals surface area contributed by atoms with E-state index in [1.165, 1.54) is 19.3 Å². The number of hydrogen-bond donors (Lipinski definition) is 2. The molecular formula is C12H21NO2. The molecule has 2 rings (SSSR count). The van der Waals surface area contributed by atoms with Crippen LogP contribution in [-0.4, -0.2) is 23.2 Å². The summed E-state index contributed by atoms with van der Waals surface area (Å²) < 4.78 is 0. The van der Waals surface area contributed by atoms with Crippen molar-refractivity contribution in [1.82, 2.24) is 5.32 Å². The van der Waals surface area contributed by atoms with Gasteiger partial charge in [0.05, 0.1) is 5.92 Å². The molecule has 2 saturated carbocycles. The fourth-order valence-electron chi connectivity index (χ4n) is 2.41. The third kappa shape index (κ3) is 2.71. The van der Waals surface area contributed by atoms with Crippen molar-refractivity contribution >= 4 is 5.97 Å². The average Bonchev–Trinajstić information content (AvgIpc) is 2.92. The summed E-state index contributed by atoms with van der Waals surface area (Å²) in [5, 5.41) is 12.5. The van der Waals surface area contributed by atoms with E-state index in [1.54, 1.807) is 0 Å². The van der Waals surface area contributed by atoms with E-state index in [1.807, 2.05) is 0 Å². The lowest BCUT2D eigenvalue weighted by atomic mass is 9.79. The van der Waals surface area contributed by atoms with Crippen LogP contribution < -0.4 is 5.32 Å². The maximum atomic E-state index is 10.9. The molecule has 0 saturated heterocycles. The Bertz CT molecular complexity index is 238. The molecule has 2 fully saturated rings. The zero-order chi connectivity index (χ0) is 10.8. The predicted molar refractivity (Wildman–Crippen MR) is 58.7 cm³/mol. The third-order valence-corrected chi connectivity index (χ3v) is 3.85. The number of carboxylic acids is 1. The largest absolute Gasteiger partial charge is 0.481 e. The van der Waals surface area contributed by atoms with Gasteiger partial charge in [0.15, 0.2) is 0 Å². The van der Waals surface area contributed by atoms with Crippen LogP contribution >= 0.6 is 0 Å². The van der Waals surface area contributed by atoms with Gasteiger partial charge >= 0.3 is 5.97 Å². The van der Waals surface area contributed by atoms with Crippen LogP contribution in [0.2, 0.25) is 0 Å². The molecule has 0 aromatic heterocycles. The second kappa shape index (κ2) is 4.52.